The molecule has 0 spiro atoms. The molecule has 0 aliphatic heterocycles. The molecule has 1 aromatic heterocycles. The van der Waals surface area contributed by atoms with Crippen molar-refractivity contribution in [3.8, 4) is 0 Å². The molecule has 132 valence electrons. The van der Waals surface area contributed by atoms with Crippen LogP contribution >= 0.6 is 0 Å². The Kier molecular flexibility index (Phi) is 5.53. The summed E-state index contributed by atoms with van der Waals surface area (Å²) in [6.07, 6.45) is 3.45. The molecule has 0 saturated heterocycles. The fraction of sp³-hybridized carbons (Fsp3) is 0.150. The lowest BCUT2D eigenvalue weighted by atomic mass is 10.1. The summed E-state index contributed by atoms with van der Waals surface area (Å²) in [6, 6.07) is 14.2. The summed E-state index contributed by atoms with van der Waals surface area (Å²) in [7, 11) is 0. The largest absolute Gasteiger partial charge is 0.354 e. The molecule has 1 amide bonds. The van der Waals surface area contributed by atoms with E-state index in [-0.39, 0.29) is 11.7 Å². The highest BCUT2D eigenvalue weighted by Crippen LogP contribution is 2.14. The third kappa shape index (κ3) is 4.42. The molecular formula is C20H19FN4O. The van der Waals surface area contributed by atoms with Crippen molar-refractivity contribution in [2.45, 2.75) is 13.3 Å². The van der Waals surface area contributed by atoms with Crippen LogP contribution in [0.4, 0.5) is 16.0 Å². The Labute approximate surface area is 151 Å². The third-order valence-corrected chi connectivity index (χ3v) is 3.94. The highest BCUT2D eigenvalue weighted by molar-refractivity contribution is 6.04. The molecule has 6 heteroatoms. The predicted octanol–water partition coefficient (Wildman–Crippen LogP) is 3.83. The lowest BCUT2D eigenvalue weighted by Crippen LogP contribution is -2.14. The minimum absolute atomic E-state index is 0.224. The Hall–Kier alpha value is -3.28. The SMILES string of the molecule is Cc1ccccc1NC(=O)c1cnc(NCCc2ccccc2F)nc1. The van der Waals surface area contributed by atoms with Crippen LogP contribution < -0.4 is 10.6 Å². The Morgan fingerprint density at radius 1 is 1.04 bits per heavy atom. The van der Waals surface area contributed by atoms with Gasteiger partial charge in [-0.15, -0.1) is 0 Å². The van der Waals surface area contributed by atoms with Crippen LogP contribution in [-0.2, 0) is 6.42 Å². The number of hydrogen-bond acceptors (Lipinski definition) is 4. The first kappa shape index (κ1) is 17.5. The first-order valence-corrected chi connectivity index (χ1v) is 8.30. The van der Waals surface area contributed by atoms with Gasteiger partial charge in [-0.1, -0.05) is 36.4 Å². The zero-order chi connectivity index (χ0) is 18.4. The molecule has 0 aliphatic carbocycles. The van der Waals surface area contributed by atoms with Crippen molar-refractivity contribution < 1.29 is 9.18 Å². The number of para-hydroxylation sites is 1. The van der Waals surface area contributed by atoms with Crippen molar-refractivity contribution in [1.29, 1.82) is 0 Å². The summed E-state index contributed by atoms with van der Waals surface area (Å²) in [6.45, 7) is 2.42. The minimum Gasteiger partial charge on any atom is -0.354 e. The van der Waals surface area contributed by atoms with Crippen LogP contribution in [0.25, 0.3) is 0 Å². The van der Waals surface area contributed by atoms with Gasteiger partial charge in [0.05, 0.1) is 5.56 Å². The number of carbonyl (C=O) groups is 1. The smallest absolute Gasteiger partial charge is 0.258 e. The number of aryl methyl sites for hydroxylation is 1. The van der Waals surface area contributed by atoms with Crippen LogP contribution in [0.2, 0.25) is 0 Å². The lowest BCUT2D eigenvalue weighted by Gasteiger charge is -2.08. The zero-order valence-corrected chi connectivity index (χ0v) is 14.4. The quantitative estimate of drug-likeness (QED) is 0.709. The maximum absolute atomic E-state index is 13.6. The highest BCUT2D eigenvalue weighted by Gasteiger charge is 2.09. The van der Waals surface area contributed by atoms with Crippen LogP contribution in [0, 0.1) is 12.7 Å². The normalized spacial score (nSPS) is 10.4. The van der Waals surface area contributed by atoms with E-state index in [0.717, 1.165) is 11.3 Å². The molecule has 2 aromatic carbocycles. The lowest BCUT2D eigenvalue weighted by molar-refractivity contribution is 0.102. The van der Waals surface area contributed by atoms with E-state index in [1.165, 1.54) is 18.5 Å². The van der Waals surface area contributed by atoms with Gasteiger partial charge in [0.15, 0.2) is 0 Å². The standard InChI is InChI=1S/C20H19FN4O/c1-14-6-2-5-9-18(14)25-19(26)16-12-23-20(24-13-16)22-11-10-15-7-3-4-8-17(15)21/h2-9,12-13H,10-11H2,1H3,(H,25,26)(H,22,23,24). The molecule has 3 rings (SSSR count). The Morgan fingerprint density at radius 3 is 2.46 bits per heavy atom. The van der Waals surface area contributed by atoms with Gasteiger partial charge in [-0.3, -0.25) is 4.79 Å². The summed E-state index contributed by atoms with van der Waals surface area (Å²) >= 11 is 0. The number of hydrogen-bond donors (Lipinski definition) is 2. The minimum atomic E-state index is -0.266. The summed E-state index contributed by atoms with van der Waals surface area (Å²) < 4.78 is 13.6. The van der Waals surface area contributed by atoms with Crippen molar-refractivity contribution in [2.24, 2.45) is 0 Å². The van der Waals surface area contributed by atoms with Gasteiger partial charge < -0.3 is 10.6 Å². The Balaban J connectivity index is 1.55. The van der Waals surface area contributed by atoms with E-state index in [2.05, 4.69) is 20.6 Å². The molecule has 0 atom stereocenters. The molecule has 0 aliphatic rings. The molecule has 0 bridgehead atoms. The van der Waals surface area contributed by atoms with Gasteiger partial charge in [-0.05, 0) is 36.6 Å². The fourth-order valence-electron chi connectivity index (χ4n) is 2.45. The van der Waals surface area contributed by atoms with Gasteiger partial charge in [0.25, 0.3) is 5.91 Å². The first-order chi connectivity index (χ1) is 12.6. The molecule has 26 heavy (non-hydrogen) atoms. The van der Waals surface area contributed by atoms with Crippen LogP contribution in [0.3, 0.4) is 0 Å². The van der Waals surface area contributed by atoms with E-state index < -0.39 is 0 Å². The second-order valence-corrected chi connectivity index (χ2v) is 5.83. The van der Waals surface area contributed by atoms with E-state index in [4.69, 9.17) is 0 Å². The maximum atomic E-state index is 13.6. The highest BCUT2D eigenvalue weighted by atomic mass is 19.1. The second-order valence-electron chi connectivity index (χ2n) is 5.83. The second kappa shape index (κ2) is 8.20. The number of amides is 1. The summed E-state index contributed by atoms with van der Waals surface area (Å²) in [5.41, 5.74) is 2.74. The Bertz CT molecular complexity index is 896. The average molecular weight is 350 g/mol. The van der Waals surface area contributed by atoms with Gasteiger partial charge in [0.2, 0.25) is 5.95 Å². The summed E-state index contributed by atoms with van der Waals surface area (Å²) in [5, 5.41) is 5.86. The van der Waals surface area contributed by atoms with Gasteiger partial charge in [-0.25, -0.2) is 14.4 Å². The van der Waals surface area contributed by atoms with Crippen molar-refractivity contribution >= 4 is 17.5 Å². The van der Waals surface area contributed by atoms with Crippen molar-refractivity contribution in [2.75, 3.05) is 17.2 Å². The summed E-state index contributed by atoms with van der Waals surface area (Å²) in [4.78, 5) is 20.5. The molecule has 0 saturated carbocycles. The van der Waals surface area contributed by atoms with Crippen LogP contribution in [0.1, 0.15) is 21.5 Å². The molecule has 5 nitrogen and oxygen atoms in total. The number of aromatic nitrogens is 2. The molecule has 3 aromatic rings. The number of rotatable bonds is 6. The van der Waals surface area contributed by atoms with Crippen molar-refractivity contribution in [1.82, 2.24) is 9.97 Å². The number of benzene rings is 2. The van der Waals surface area contributed by atoms with Gasteiger partial charge in [-0.2, -0.15) is 0 Å². The molecule has 0 unspecified atom stereocenters. The maximum Gasteiger partial charge on any atom is 0.258 e. The van der Waals surface area contributed by atoms with Gasteiger partial charge in [0.1, 0.15) is 5.82 Å². The average Bonchev–Trinajstić information content (AvgIpc) is 2.66. The third-order valence-electron chi connectivity index (χ3n) is 3.94. The molecular weight excluding hydrogens is 331 g/mol. The van der Waals surface area contributed by atoms with E-state index in [1.807, 2.05) is 31.2 Å². The topological polar surface area (TPSA) is 66.9 Å². The first-order valence-electron chi connectivity index (χ1n) is 8.30. The summed E-state index contributed by atoms with van der Waals surface area (Å²) in [5.74, 6) is -0.0931. The van der Waals surface area contributed by atoms with Crippen LogP contribution in [0.15, 0.2) is 60.9 Å². The predicted molar refractivity (Wildman–Crippen MR) is 99.8 cm³/mol. The van der Waals surface area contributed by atoms with E-state index in [9.17, 15) is 9.18 Å². The number of anilines is 2. The Morgan fingerprint density at radius 2 is 1.73 bits per heavy atom. The number of nitrogens with one attached hydrogen (secondary N) is 2. The van der Waals surface area contributed by atoms with Gasteiger partial charge in [0, 0.05) is 24.6 Å². The van der Waals surface area contributed by atoms with E-state index >= 15 is 0 Å². The number of halogens is 1. The van der Waals surface area contributed by atoms with E-state index in [0.29, 0.717) is 30.0 Å². The number of carbonyl (C=O) groups excluding carboxylic acids is 1. The van der Waals surface area contributed by atoms with E-state index in [1.54, 1.807) is 18.2 Å². The molecule has 0 fully saturated rings. The van der Waals surface area contributed by atoms with Crippen LogP contribution in [0.5, 0.6) is 0 Å². The molecule has 1 heterocycles. The molecule has 2 N–H and O–H groups in total. The van der Waals surface area contributed by atoms with Crippen molar-refractivity contribution in [3.63, 3.8) is 0 Å². The van der Waals surface area contributed by atoms with Crippen molar-refractivity contribution in [3.05, 3.63) is 83.4 Å². The van der Waals surface area contributed by atoms with Crippen LogP contribution in [-0.4, -0.2) is 22.4 Å². The van der Waals surface area contributed by atoms with Gasteiger partial charge >= 0.3 is 0 Å². The monoisotopic (exact) mass is 350 g/mol. The fourth-order valence-corrected chi connectivity index (χ4v) is 2.45. The zero-order valence-electron chi connectivity index (χ0n) is 14.4. The molecule has 0 radical (unpaired) electrons. The number of nitrogens with zero attached hydrogens (tertiary/aromatic N) is 2.